The van der Waals surface area contributed by atoms with Crippen LogP contribution in [-0.4, -0.2) is 97.9 Å². The van der Waals surface area contributed by atoms with Crippen molar-refractivity contribution in [1.29, 1.82) is 0 Å². The molecule has 0 heterocycles. The Morgan fingerprint density at radius 1 is 0.450 bits per heavy atom. The van der Waals surface area contributed by atoms with Gasteiger partial charge in [0.25, 0.3) is 0 Å². The molecule has 0 aromatic rings. The van der Waals surface area contributed by atoms with Crippen molar-refractivity contribution in [3.63, 3.8) is 0 Å². The van der Waals surface area contributed by atoms with Gasteiger partial charge in [-0.15, -0.1) is 0 Å². The highest BCUT2D eigenvalue weighted by Crippen LogP contribution is 2.06. The number of carboxylic acids is 4. The molecule has 224 valence electrons. The van der Waals surface area contributed by atoms with E-state index in [1.165, 1.54) is 6.92 Å². The predicted octanol–water partition coefficient (Wildman–Crippen LogP) is -2.01. The average molecular weight is 575 g/mol. The number of Topliss-reactive ketones (excluding diaryl/α,β-unsaturated/α-hetero) is 1. The second-order valence-electron chi connectivity index (χ2n) is 8.82. The highest BCUT2D eigenvalue weighted by Gasteiger charge is 2.26. The Morgan fingerprint density at radius 2 is 0.700 bits per heavy atom. The summed E-state index contributed by atoms with van der Waals surface area (Å²) in [5.74, 6) is -9.32. The highest BCUT2D eigenvalue weighted by molar-refractivity contribution is 5.88. The van der Waals surface area contributed by atoms with Crippen molar-refractivity contribution in [3.05, 3.63) is 0 Å². The number of hydrogen-bond donors (Lipinski definition) is 8. The average Bonchev–Trinajstić information content (AvgIpc) is 2.83. The fraction of sp³-hybridized carbons (Fsp3) is 0.609. The van der Waals surface area contributed by atoms with Crippen LogP contribution in [0.2, 0.25) is 0 Å². The van der Waals surface area contributed by atoms with E-state index in [0.717, 1.165) is 6.92 Å². The number of carbonyl (C=O) groups excluding carboxylic acids is 5. The summed E-state index contributed by atoms with van der Waals surface area (Å²) in [6.45, 7) is 2.33. The molecule has 8 N–H and O–H groups in total. The predicted molar refractivity (Wildman–Crippen MR) is 132 cm³/mol. The van der Waals surface area contributed by atoms with E-state index in [2.05, 4.69) is 21.3 Å². The second kappa shape index (κ2) is 17.8. The summed E-state index contributed by atoms with van der Waals surface area (Å²) in [6, 6.07) is -5.88. The molecule has 0 aromatic carbocycles. The first-order valence-electron chi connectivity index (χ1n) is 12.1. The maximum Gasteiger partial charge on any atom is 0.326 e. The zero-order chi connectivity index (χ0) is 31.0. The Kier molecular flexibility index (Phi) is 15.8. The van der Waals surface area contributed by atoms with Gasteiger partial charge in [0.2, 0.25) is 23.6 Å². The smallest absolute Gasteiger partial charge is 0.326 e. The lowest BCUT2D eigenvalue weighted by atomic mass is 10.1. The lowest BCUT2D eigenvalue weighted by Crippen LogP contribution is -2.45. The first-order valence-corrected chi connectivity index (χ1v) is 12.1. The summed E-state index contributed by atoms with van der Waals surface area (Å²) in [5, 5.41) is 45.4. The van der Waals surface area contributed by atoms with Crippen LogP contribution >= 0.6 is 0 Å². The molecular formula is C23H34N4O13. The van der Waals surface area contributed by atoms with Crippen molar-refractivity contribution in [2.45, 2.75) is 89.4 Å². The standard InChI is InChI=1S/C23H34N4O13/c1-11(28)3-4-14(21(35)36)25-18(31)9-6-16(23(39)40)27-19(32)10-7-15(22(37)38)26-17(30)8-5-13(20(33)34)24-12(2)29/h13-16H,3-10H2,1-2H3,(H,24,29)(H,25,31)(H,26,30)(H,27,32)(H,33,34)(H,35,36)(H,37,38)(H,39,40). The van der Waals surface area contributed by atoms with E-state index in [0.29, 0.717) is 0 Å². The highest BCUT2D eigenvalue weighted by atomic mass is 16.4. The molecule has 4 amide bonds. The number of carbonyl (C=O) groups is 9. The quantitative estimate of drug-likeness (QED) is 0.0781. The van der Waals surface area contributed by atoms with Crippen LogP contribution in [0.15, 0.2) is 0 Å². The molecule has 0 aromatic heterocycles. The Hall–Kier alpha value is -4.57. The number of ketones is 1. The summed E-state index contributed by atoms with van der Waals surface area (Å²) in [4.78, 5) is 104. The minimum absolute atomic E-state index is 0.0945. The van der Waals surface area contributed by atoms with Crippen LogP contribution in [0.5, 0.6) is 0 Å². The molecule has 0 saturated heterocycles. The van der Waals surface area contributed by atoms with E-state index in [1.807, 2.05) is 0 Å². The van der Waals surface area contributed by atoms with Crippen LogP contribution in [0.3, 0.4) is 0 Å². The van der Waals surface area contributed by atoms with Crippen LogP contribution in [0.4, 0.5) is 0 Å². The molecule has 0 aliphatic carbocycles. The molecule has 0 spiro atoms. The lowest BCUT2D eigenvalue weighted by Gasteiger charge is -2.18. The number of amides is 4. The van der Waals surface area contributed by atoms with Gasteiger partial charge in [0.1, 0.15) is 30.0 Å². The summed E-state index contributed by atoms with van der Waals surface area (Å²) in [7, 11) is 0. The number of carboxylic acid groups (broad SMARTS) is 4. The molecule has 0 fully saturated rings. The second-order valence-corrected chi connectivity index (χ2v) is 8.82. The van der Waals surface area contributed by atoms with Gasteiger partial charge in [-0.25, -0.2) is 19.2 Å². The maximum absolute atomic E-state index is 12.2. The zero-order valence-corrected chi connectivity index (χ0v) is 21.9. The topological polar surface area (TPSA) is 283 Å². The van der Waals surface area contributed by atoms with E-state index in [1.54, 1.807) is 0 Å². The van der Waals surface area contributed by atoms with Gasteiger partial charge >= 0.3 is 23.9 Å². The van der Waals surface area contributed by atoms with Gasteiger partial charge in [-0.1, -0.05) is 0 Å². The summed E-state index contributed by atoms with van der Waals surface area (Å²) >= 11 is 0. The molecule has 4 unspecified atom stereocenters. The molecule has 17 nitrogen and oxygen atoms in total. The molecule has 0 aliphatic heterocycles. The fourth-order valence-electron chi connectivity index (χ4n) is 3.25. The van der Waals surface area contributed by atoms with E-state index >= 15 is 0 Å². The number of nitrogens with one attached hydrogen (secondary N) is 4. The van der Waals surface area contributed by atoms with Crippen molar-refractivity contribution in [3.8, 4) is 0 Å². The molecular weight excluding hydrogens is 540 g/mol. The molecule has 40 heavy (non-hydrogen) atoms. The van der Waals surface area contributed by atoms with Gasteiger partial charge in [0.05, 0.1) is 0 Å². The molecule has 0 bridgehead atoms. The van der Waals surface area contributed by atoms with E-state index in [-0.39, 0.29) is 25.0 Å². The van der Waals surface area contributed by atoms with Crippen molar-refractivity contribution in [2.75, 3.05) is 0 Å². The van der Waals surface area contributed by atoms with Gasteiger partial charge in [0, 0.05) is 32.6 Å². The van der Waals surface area contributed by atoms with E-state index in [9.17, 15) is 53.4 Å². The molecule has 0 rings (SSSR count). The van der Waals surface area contributed by atoms with Crippen LogP contribution < -0.4 is 21.3 Å². The van der Waals surface area contributed by atoms with Crippen LogP contribution in [0.25, 0.3) is 0 Å². The van der Waals surface area contributed by atoms with Gasteiger partial charge in [-0.2, -0.15) is 0 Å². The Bertz CT molecular complexity index is 997. The summed E-state index contributed by atoms with van der Waals surface area (Å²) in [5.41, 5.74) is 0. The van der Waals surface area contributed by atoms with Crippen molar-refractivity contribution in [1.82, 2.24) is 21.3 Å². The number of aliphatic carboxylic acids is 4. The maximum atomic E-state index is 12.2. The fourth-order valence-corrected chi connectivity index (χ4v) is 3.25. The number of rotatable bonds is 20. The Labute approximate surface area is 228 Å². The largest absolute Gasteiger partial charge is 0.480 e. The van der Waals surface area contributed by atoms with E-state index < -0.39 is 104 Å². The van der Waals surface area contributed by atoms with E-state index in [4.69, 9.17) is 10.2 Å². The summed E-state index contributed by atoms with van der Waals surface area (Å²) in [6.07, 6.45) is -2.93. The Morgan fingerprint density at radius 3 is 0.925 bits per heavy atom. The molecule has 17 heteroatoms. The summed E-state index contributed by atoms with van der Waals surface area (Å²) < 4.78 is 0. The molecule has 0 aliphatic rings. The van der Waals surface area contributed by atoms with Gasteiger partial charge in [0.15, 0.2) is 0 Å². The number of hydrogen-bond acceptors (Lipinski definition) is 9. The van der Waals surface area contributed by atoms with Gasteiger partial charge in [-0.05, 0) is 32.6 Å². The van der Waals surface area contributed by atoms with Gasteiger partial charge < -0.3 is 46.5 Å². The van der Waals surface area contributed by atoms with Crippen molar-refractivity contribution in [2.24, 2.45) is 0 Å². The van der Waals surface area contributed by atoms with Crippen molar-refractivity contribution >= 4 is 53.3 Å². The van der Waals surface area contributed by atoms with Gasteiger partial charge in [-0.3, -0.25) is 19.2 Å². The third kappa shape index (κ3) is 15.6. The molecule has 0 saturated carbocycles. The zero-order valence-electron chi connectivity index (χ0n) is 21.9. The molecule has 0 radical (unpaired) electrons. The van der Waals surface area contributed by atoms with Crippen LogP contribution in [-0.2, 0) is 43.2 Å². The van der Waals surface area contributed by atoms with Crippen LogP contribution in [0, 0.1) is 0 Å². The SMILES string of the molecule is CC(=O)CCC(NC(=O)CCC(NC(=O)CCC(NC(=O)CCC(NC(C)=O)C(=O)O)C(=O)O)C(=O)O)C(=O)O. The third-order valence-corrected chi connectivity index (χ3v) is 5.34. The van der Waals surface area contributed by atoms with Crippen LogP contribution in [0.1, 0.15) is 65.2 Å². The minimum atomic E-state index is -1.57. The monoisotopic (exact) mass is 574 g/mol. The Balaban J connectivity index is 4.86. The lowest BCUT2D eigenvalue weighted by molar-refractivity contribution is -0.144. The molecule has 4 atom stereocenters. The first-order chi connectivity index (χ1) is 18.5. The van der Waals surface area contributed by atoms with Crippen molar-refractivity contribution < 1.29 is 63.6 Å². The normalized spacial score (nSPS) is 13.4. The first kappa shape index (κ1) is 35.4. The third-order valence-electron chi connectivity index (χ3n) is 5.34. The minimum Gasteiger partial charge on any atom is -0.480 e.